The fraction of sp³-hybridized carbons (Fsp3) is 0.745. The molecule has 4 rings (SSSR count). The van der Waals surface area contributed by atoms with Gasteiger partial charge in [0.05, 0.1) is 24.4 Å². The number of piperidine rings is 1. The summed E-state index contributed by atoms with van der Waals surface area (Å²) >= 11 is 0. The summed E-state index contributed by atoms with van der Waals surface area (Å²) in [5, 5.41) is 38.2. The summed E-state index contributed by atoms with van der Waals surface area (Å²) in [6.07, 6.45) is 12.3. The van der Waals surface area contributed by atoms with Crippen molar-refractivity contribution < 1.29 is 58.2 Å². The highest BCUT2D eigenvalue weighted by Gasteiger charge is 2.53. The summed E-state index contributed by atoms with van der Waals surface area (Å²) in [4.78, 5) is 58.0. The number of aliphatic hydroxyl groups excluding tert-OH is 2. The van der Waals surface area contributed by atoms with Crippen molar-refractivity contribution in [1.82, 2.24) is 4.90 Å². The number of hydrazone groups is 1. The van der Waals surface area contributed by atoms with Gasteiger partial charge in [0.1, 0.15) is 24.4 Å². The predicted octanol–water partition coefficient (Wildman–Crippen LogP) is 5.93. The molecule has 2 bridgehead atoms. The van der Waals surface area contributed by atoms with E-state index in [0.717, 1.165) is 12.0 Å². The smallest absolute Gasteiger partial charge is 0.329 e. The monoisotopic (exact) mass is 928 g/mol. The molecule has 0 radical (unpaired) electrons. The number of carbonyl (C=O) groups excluding carboxylic acids is 4. The van der Waals surface area contributed by atoms with Crippen molar-refractivity contribution in [3.8, 4) is 0 Å². The van der Waals surface area contributed by atoms with E-state index < -0.39 is 83.9 Å². The molecular weight excluding hydrogens is 847 g/mol. The number of aliphatic hydroxyl groups is 3. The largest absolute Gasteiger partial charge is 0.460 e. The Labute approximate surface area is 393 Å². The average Bonchev–Trinajstić information content (AvgIpc) is 3.30. The van der Waals surface area contributed by atoms with Gasteiger partial charge >= 0.3 is 5.97 Å². The van der Waals surface area contributed by atoms with E-state index in [1.165, 1.54) is 12.0 Å². The van der Waals surface area contributed by atoms with Gasteiger partial charge in [0, 0.05) is 64.2 Å². The summed E-state index contributed by atoms with van der Waals surface area (Å²) in [7, 11) is 4.58. The lowest BCUT2D eigenvalue weighted by Crippen LogP contribution is -2.61. The van der Waals surface area contributed by atoms with E-state index in [1.54, 1.807) is 34.1 Å². The molecule has 3 heterocycles. The molecule has 5 N–H and O–H groups in total. The van der Waals surface area contributed by atoms with Crippen LogP contribution in [0.4, 0.5) is 0 Å². The van der Waals surface area contributed by atoms with Crippen LogP contribution in [0.1, 0.15) is 126 Å². The van der Waals surface area contributed by atoms with E-state index in [-0.39, 0.29) is 49.0 Å². The lowest BCUT2D eigenvalue weighted by Gasteiger charge is -2.42. The number of ketones is 2. The Morgan fingerprint density at radius 1 is 0.894 bits per heavy atom. The van der Waals surface area contributed by atoms with Crippen molar-refractivity contribution >= 4 is 29.2 Å². The molecule has 372 valence electrons. The summed E-state index contributed by atoms with van der Waals surface area (Å²) in [5.74, 6) is -1.00. The third-order valence-electron chi connectivity index (χ3n) is 14.7. The predicted molar refractivity (Wildman–Crippen MR) is 252 cm³/mol. The number of nitrogens with two attached hydrogens (primary N) is 1. The van der Waals surface area contributed by atoms with Crippen LogP contribution in [0.15, 0.2) is 52.7 Å². The number of rotatable bonds is 6. The molecule has 15 nitrogen and oxygen atoms in total. The first-order valence-electron chi connectivity index (χ1n) is 24.2. The molecule has 66 heavy (non-hydrogen) atoms. The highest BCUT2D eigenvalue weighted by Crippen LogP contribution is 2.38. The normalized spacial score (nSPS) is 40.6. The first-order chi connectivity index (χ1) is 31.3. The van der Waals surface area contributed by atoms with Gasteiger partial charge in [-0.3, -0.25) is 14.4 Å². The summed E-state index contributed by atoms with van der Waals surface area (Å²) in [6.45, 7) is 13.1. The Morgan fingerprint density at radius 3 is 2.29 bits per heavy atom. The van der Waals surface area contributed by atoms with Crippen molar-refractivity contribution in [2.45, 2.75) is 180 Å². The Morgan fingerprint density at radius 2 is 1.62 bits per heavy atom. The van der Waals surface area contributed by atoms with Gasteiger partial charge in [-0.05, 0) is 107 Å². The van der Waals surface area contributed by atoms with Crippen LogP contribution < -0.4 is 5.84 Å². The second kappa shape index (κ2) is 25.7. The highest BCUT2D eigenvalue weighted by molar-refractivity contribution is 6.39. The zero-order valence-electron chi connectivity index (χ0n) is 41.2. The minimum absolute atomic E-state index is 0.0338. The molecule has 2 saturated heterocycles. The van der Waals surface area contributed by atoms with Crippen LogP contribution in [0, 0.1) is 35.5 Å². The van der Waals surface area contributed by atoms with E-state index in [9.17, 15) is 34.5 Å². The van der Waals surface area contributed by atoms with Crippen molar-refractivity contribution in [1.29, 1.82) is 0 Å². The van der Waals surface area contributed by atoms with Crippen LogP contribution in [0.2, 0.25) is 0 Å². The second-order valence-electron chi connectivity index (χ2n) is 19.7. The summed E-state index contributed by atoms with van der Waals surface area (Å²) in [6, 6.07) is -1.10. The van der Waals surface area contributed by atoms with Crippen molar-refractivity contribution in [3.05, 3.63) is 47.6 Å². The number of methoxy groups -OCH3 is 3. The molecule has 0 spiro atoms. The fourth-order valence-electron chi connectivity index (χ4n) is 10.3. The van der Waals surface area contributed by atoms with Crippen LogP contribution in [-0.2, 0) is 42.9 Å². The number of Topliss-reactive ketones (excluding diaryl/α,β-unsaturated/α-hetero) is 2. The number of esters is 1. The van der Waals surface area contributed by atoms with Gasteiger partial charge in [-0.2, -0.15) is 5.10 Å². The van der Waals surface area contributed by atoms with Crippen LogP contribution in [0.3, 0.4) is 0 Å². The molecule has 0 aromatic carbocycles. The maximum Gasteiger partial charge on any atom is 0.329 e. The third kappa shape index (κ3) is 14.2. The number of cyclic esters (lactones) is 1. The van der Waals surface area contributed by atoms with Gasteiger partial charge in [-0.25, -0.2) is 4.79 Å². The number of nitrogens with zero attached hydrogens (tertiary/aromatic N) is 2. The molecule has 0 aromatic heterocycles. The van der Waals surface area contributed by atoms with Gasteiger partial charge in [0.2, 0.25) is 5.79 Å². The second-order valence-corrected chi connectivity index (χ2v) is 19.7. The van der Waals surface area contributed by atoms with Crippen LogP contribution >= 0.6 is 0 Å². The van der Waals surface area contributed by atoms with E-state index in [0.29, 0.717) is 69.1 Å². The molecule has 1 amide bonds. The van der Waals surface area contributed by atoms with E-state index >= 15 is 0 Å². The van der Waals surface area contributed by atoms with E-state index in [1.807, 2.05) is 65.0 Å². The summed E-state index contributed by atoms with van der Waals surface area (Å²) < 4.78 is 29.6. The molecule has 0 aromatic rings. The van der Waals surface area contributed by atoms with Gasteiger partial charge in [0.15, 0.2) is 5.78 Å². The highest BCUT2D eigenvalue weighted by atomic mass is 16.6. The standard InChI is InChI=1S/C51H81N3O12/c1-30-16-12-11-13-17-31(2)42(62-8)28-38-21-19-36(7)51(61,66-38)48(58)49(59)54-23-15-14-18-40(54)50(60)65-43(33(4)26-37-20-22-41(55)44(27-37)63-9)29-39(53-52)32(3)25-35(6)46(57)47(64-10)45(56)34(5)24-30/h11-13,16-17,25,30,32-34,36-38,40-44,46-47,55,57,61H,14-15,18-24,26-29,52H2,1-10H3/b13-11+,16-12-,31-17+,35-25+,53-39+/t30-,32-,33-,34-,36-,37+,38+,40+,41-,42+,43+,44-,46-,47+,51-/m1/s1. The SMILES string of the molecule is CO[C@H]1C[C@@H]2CC[C@@H](C)[C@@](O)(O2)C(=O)C(=O)N2CCCC[C@H]2C(=O)O[C@H]([C@H](C)C[C@@H]2CC[C@@H](O)[C@H](OC)C2)C/C(=N\N)[C@H](C)/C=C(\C)[C@@H](O)[C@@H](OC)C(=O)[C@H](C)C[C@H](C)\C=C/C=C/C=C/1C. The number of fused-ring (bicyclic) bond motifs is 3. The van der Waals surface area contributed by atoms with Gasteiger partial charge < -0.3 is 49.7 Å². The number of hydrogen-bond donors (Lipinski definition) is 4. The van der Waals surface area contributed by atoms with E-state index in [4.69, 9.17) is 29.5 Å². The fourth-order valence-corrected chi connectivity index (χ4v) is 10.3. The average molecular weight is 928 g/mol. The van der Waals surface area contributed by atoms with Gasteiger partial charge in [-0.15, -0.1) is 0 Å². The van der Waals surface area contributed by atoms with Gasteiger partial charge in [-0.1, -0.05) is 71.1 Å². The molecule has 3 aliphatic heterocycles. The van der Waals surface area contributed by atoms with Crippen LogP contribution in [0.5, 0.6) is 0 Å². The molecular formula is C51H81N3O12. The molecule has 3 fully saturated rings. The topological polar surface area (TPSA) is 217 Å². The Kier molecular flexibility index (Phi) is 21.4. The lowest BCUT2D eigenvalue weighted by atomic mass is 9.78. The zero-order chi connectivity index (χ0) is 48.9. The minimum atomic E-state index is -2.41. The number of allylic oxidation sites excluding steroid dienone is 6. The molecule has 15 atom stereocenters. The molecule has 1 aliphatic carbocycles. The zero-order valence-corrected chi connectivity index (χ0v) is 41.2. The Hall–Kier alpha value is -3.57. The quantitative estimate of drug-likeness (QED) is 0.0801. The maximum absolute atomic E-state index is 14.5. The lowest BCUT2D eigenvalue weighted by molar-refractivity contribution is -0.265. The van der Waals surface area contributed by atoms with E-state index in [2.05, 4.69) is 5.10 Å². The maximum atomic E-state index is 14.5. The molecule has 0 unspecified atom stereocenters. The number of ether oxygens (including phenoxy) is 5. The minimum Gasteiger partial charge on any atom is -0.460 e. The molecule has 4 aliphatic rings. The third-order valence-corrected chi connectivity index (χ3v) is 14.7. The van der Waals surface area contributed by atoms with Crippen LogP contribution in [-0.4, -0.2) is 132 Å². The van der Waals surface area contributed by atoms with Crippen molar-refractivity contribution in [3.63, 3.8) is 0 Å². The Bertz CT molecular complexity index is 1790. The van der Waals surface area contributed by atoms with Crippen molar-refractivity contribution in [2.24, 2.45) is 46.5 Å². The first-order valence-corrected chi connectivity index (χ1v) is 24.2. The van der Waals surface area contributed by atoms with Crippen molar-refractivity contribution in [2.75, 3.05) is 27.9 Å². The first kappa shape index (κ1) is 55.0. The number of carbonyl (C=O) groups is 4. The Balaban J connectivity index is 1.73. The molecule has 1 saturated carbocycles. The number of amides is 1. The van der Waals surface area contributed by atoms with Gasteiger partial charge in [0.25, 0.3) is 11.7 Å². The van der Waals surface area contributed by atoms with Crippen LogP contribution in [0.25, 0.3) is 0 Å². The summed E-state index contributed by atoms with van der Waals surface area (Å²) in [5.41, 5.74) is 1.84. The molecule has 15 heteroatoms. The number of hydrogen-bond acceptors (Lipinski definition) is 14.